The van der Waals surface area contributed by atoms with Gasteiger partial charge in [0.25, 0.3) is 0 Å². The normalized spacial score (nSPS) is 29.6. The second-order valence-corrected chi connectivity index (χ2v) is 5.14. The number of nitrogens with zero attached hydrogens (tertiary/aromatic N) is 1. The number of likely N-dealkylation sites (tertiary alicyclic amines) is 1. The zero-order valence-corrected chi connectivity index (χ0v) is 9.95. The number of hydrogen-bond acceptors (Lipinski definition) is 2. The molecular formula is C14H20N2. The van der Waals surface area contributed by atoms with Crippen molar-refractivity contribution in [1.29, 1.82) is 0 Å². The Morgan fingerprint density at radius 2 is 2.25 bits per heavy atom. The lowest BCUT2D eigenvalue weighted by Crippen LogP contribution is -2.29. The van der Waals surface area contributed by atoms with Gasteiger partial charge in [-0.1, -0.05) is 24.3 Å². The third kappa shape index (κ3) is 1.76. The molecular weight excluding hydrogens is 196 g/mol. The molecule has 1 unspecified atom stereocenters. The van der Waals surface area contributed by atoms with Crippen LogP contribution < -0.4 is 5.32 Å². The lowest BCUT2D eigenvalue weighted by molar-refractivity contribution is 0.274. The van der Waals surface area contributed by atoms with E-state index in [0.29, 0.717) is 6.04 Å². The third-order valence-corrected chi connectivity index (χ3v) is 4.15. The van der Waals surface area contributed by atoms with Crippen molar-refractivity contribution in [3.63, 3.8) is 0 Å². The first-order chi connectivity index (χ1) is 7.84. The van der Waals surface area contributed by atoms with Crippen molar-refractivity contribution in [3.8, 4) is 0 Å². The van der Waals surface area contributed by atoms with Crippen LogP contribution in [-0.4, -0.2) is 24.5 Å². The van der Waals surface area contributed by atoms with Crippen molar-refractivity contribution in [2.75, 3.05) is 13.6 Å². The fraction of sp³-hybridized carbons (Fsp3) is 0.571. The monoisotopic (exact) mass is 216 g/mol. The molecule has 0 spiro atoms. The largest absolute Gasteiger partial charge is 0.306 e. The van der Waals surface area contributed by atoms with Crippen LogP contribution in [0.5, 0.6) is 0 Å². The zero-order chi connectivity index (χ0) is 11.0. The van der Waals surface area contributed by atoms with E-state index in [2.05, 4.69) is 41.5 Å². The van der Waals surface area contributed by atoms with Gasteiger partial charge in [0.15, 0.2) is 0 Å². The fourth-order valence-electron chi connectivity index (χ4n) is 3.14. The third-order valence-electron chi connectivity index (χ3n) is 4.15. The molecule has 0 amide bonds. The smallest absolute Gasteiger partial charge is 0.0341 e. The van der Waals surface area contributed by atoms with Crippen LogP contribution in [0.4, 0.5) is 0 Å². The molecule has 2 heteroatoms. The lowest BCUT2D eigenvalue weighted by Gasteiger charge is -2.23. The summed E-state index contributed by atoms with van der Waals surface area (Å²) in [4.78, 5) is 2.52. The van der Waals surface area contributed by atoms with Crippen LogP contribution in [0.15, 0.2) is 24.3 Å². The standard InChI is InChI=1S/C14H20N2/c1-16-8-4-6-12(16)9-14-13-7-3-2-5-11(13)10-15-14/h2-3,5,7,12,14-15H,4,6,8-10H2,1H3/t12-,14?/m0/s1. The molecule has 3 rings (SSSR count). The minimum atomic E-state index is 0.585. The Morgan fingerprint density at radius 1 is 1.38 bits per heavy atom. The summed E-state index contributed by atoms with van der Waals surface area (Å²) in [5, 5.41) is 3.64. The van der Waals surface area contributed by atoms with E-state index in [1.807, 2.05) is 0 Å². The van der Waals surface area contributed by atoms with Gasteiger partial charge in [-0.2, -0.15) is 0 Å². The van der Waals surface area contributed by atoms with E-state index in [0.717, 1.165) is 12.6 Å². The molecule has 0 bridgehead atoms. The number of benzene rings is 1. The molecule has 1 N–H and O–H groups in total. The van der Waals surface area contributed by atoms with Gasteiger partial charge in [0, 0.05) is 18.6 Å². The quantitative estimate of drug-likeness (QED) is 0.816. The molecule has 16 heavy (non-hydrogen) atoms. The highest BCUT2D eigenvalue weighted by Gasteiger charge is 2.28. The Morgan fingerprint density at radius 3 is 3.06 bits per heavy atom. The number of hydrogen-bond donors (Lipinski definition) is 1. The van der Waals surface area contributed by atoms with E-state index in [9.17, 15) is 0 Å². The Bertz CT molecular complexity index is 375. The maximum atomic E-state index is 3.64. The fourth-order valence-corrected chi connectivity index (χ4v) is 3.14. The molecule has 0 aromatic heterocycles. The van der Waals surface area contributed by atoms with Crippen molar-refractivity contribution in [3.05, 3.63) is 35.4 Å². The summed E-state index contributed by atoms with van der Waals surface area (Å²) in [6.45, 7) is 2.33. The Labute approximate surface area is 97.6 Å². The van der Waals surface area contributed by atoms with Gasteiger partial charge in [0.2, 0.25) is 0 Å². The van der Waals surface area contributed by atoms with E-state index in [1.165, 1.54) is 36.9 Å². The van der Waals surface area contributed by atoms with Gasteiger partial charge in [-0.3, -0.25) is 0 Å². The molecule has 0 saturated carbocycles. The molecule has 1 fully saturated rings. The first-order valence-electron chi connectivity index (χ1n) is 6.36. The molecule has 2 atom stereocenters. The van der Waals surface area contributed by atoms with Crippen molar-refractivity contribution in [2.24, 2.45) is 0 Å². The van der Waals surface area contributed by atoms with Crippen molar-refractivity contribution < 1.29 is 0 Å². The summed E-state index contributed by atoms with van der Waals surface area (Å²) in [6.07, 6.45) is 4.01. The van der Waals surface area contributed by atoms with Crippen LogP contribution in [0.25, 0.3) is 0 Å². The second-order valence-electron chi connectivity index (χ2n) is 5.14. The van der Waals surface area contributed by atoms with E-state index < -0.39 is 0 Å². The molecule has 0 aliphatic carbocycles. The summed E-state index contributed by atoms with van der Waals surface area (Å²) >= 11 is 0. The molecule has 1 saturated heterocycles. The van der Waals surface area contributed by atoms with Gasteiger partial charge in [-0.15, -0.1) is 0 Å². The van der Waals surface area contributed by atoms with Gasteiger partial charge in [0.1, 0.15) is 0 Å². The van der Waals surface area contributed by atoms with E-state index in [1.54, 1.807) is 0 Å². The maximum absolute atomic E-state index is 3.64. The van der Waals surface area contributed by atoms with Crippen LogP contribution in [0.3, 0.4) is 0 Å². The Kier molecular flexibility index (Phi) is 2.70. The summed E-state index contributed by atoms with van der Waals surface area (Å²) in [5.74, 6) is 0. The van der Waals surface area contributed by atoms with Gasteiger partial charge in [-0.05, 0) is 44.0 Å². The zero-order valence-electron chi connectivity index (χ0n) is 9.95. The van der Waals surface area contributed by atoms with Crippen LogP contribution in [-0.2, 0) is 6.54 Å². The number of rotatable bonds is 2. The van der Waals surface area contributed by atoms with E-state index >= 15 is 0 Å². The minimum absolute atomic E-state index is 0.585. The van der Waals surface area contributed by atoms with Gasteiger partial charge in [-0.25, -0.2) is 0 Å². The van der Waals surface area contributed by atoms with Crippen LogP contribution in [0.1, 0.15) is 36.4 Å². The first-order valence-corrected chi connectivity index (χ1v) is 6.36. The van der Waals surface area contributed by atoms with E-state index in [-0.39, 0.29) is 0 Å². The van der Waals surface area contributed by atoms with Gasteiger partial charge >= 0.3 is 0 Å². The van der Waals surface area contributed by atoms with Crippen LogP contribution in [0.2, 0.25) is 0 Å². The average Bonchev–Trinajstić information content (AvgIpc) is 2.88. The summed E-state index contributed by atoms with van der Waals surface area (Å²) < 4.78 is 0. The molecule has 2 aliphatic heterocycles. The molecule has 86 valence electrons. The molecule has 2 heterocycles. The maximum Gasteiger partial charge on any atom is 0.0341 e. The van der Waals surface area contributed by atoms with Crippen molar-refractivity contribution in [2.45, 2.75) is 37.9 Å². The van der Waals surface area contributed by atoms with Gasteiger partial charge < -0.3 is 10.2 Å². The lowest BCUT2D eigenvalue weighted by atomic mass is 9.98. The van der Waals surface area contributed by atoms with Crippen molar-refractivity contribution in [1.82, 2.24) is 10.2 Å². The predicted octanol–water partition coefficient (Wildman–Crippen LogP) is 2.32. The first kappa shape index (κ1) is 10.3. The number of fused-ring (bicyclic) bond motifs is 1. The summed E-state index contributed by atoms with van der Waals surface area (Å²) in [5.41, 5.74) is 3.02. The molecule has 1 aromatic rings. The molecule has 0 radical (unpaired) electrons. The Balaban J connectivity index is 1.73. The van der Waals surface area contributed by atoms with Crippen molar-refractivity contribution >= 4 is 0 Å². The topological polar surface area (TPSA) is 15.3 Å². The molecule has 2 nitrogen and oxygen atoms in total. The SMILES string of the molecule is CN1CCC[C@H]1CC1NCc2ccccc21. The minimum Gasteiger partial charge on any atom is -0.306 e. The number of nitrogens with one attached hydrogen (secondary N) is 1. The summed E-state index contributed by atoms with van der Waals surface area (Å²) in [7, 11) is 2.26. The highest BCUT2D eigenvalue weighted by atomic mass is 15.1. The highest BCUT2D eigenvalue weighted by Crippen LogP contribution is 2.31. The average molecular weight is 216 g/mol. The molecule has 1 aromatic carbocycles. The summed E-state index contributed by atoms with van der Waals surface area (Å²) in [6, 6.07) is 10.2. The van der Waals surface area contributed by atoms with Crippen LogP contribution >= 0.6 is 0 Å². The van der Waals surface area contributed by atoms with Gasteiger partial charge in [0.05, 0.1) is 0 Å². The predicted molar refractivity (Wildman–Crippen MR) is 66.3 cm³/mol. The highest BCUT2D eigenvalue weighted by molar-refractivity contribution is 5.33. The van der Waals surface area contributed by atoms with Crippen LogP contribution in [0, 0.1) is 0 Å². The Hall–Kier alpha value is -0.860. The molecule has 2 aliphatic rings. The van der Waals surface area contributed by atoms with E-state index in [4.69, 9.17) is 0 Å². The second kappa shape index (κ2) is 4.19.